The molecule has 8 heteroatoms. The Morgan fingerprint density at radius 3 is 2.81 bits per heavy atom. The molecule has 1 aromatic carbocycles. The molecule has 0 bridgehead atoms. The summed E-state index contributed by atoms with van der Waals surface area (Å²) in [7, 11) is 0. The van der Waals surface area contributed by atoms with E-state index in [1.54, 1.807) is 6.20 Å². The van der Waals surface area contributed by atoms with Crippen LogP contribution in [0, 0.1) is 0 Å². The molecule has 3 aromatic rings. The van der Waals surface area contributed by atoms with Crippen molar-refractivity contribution < 1.29 is 15.1 Å². The number of carbonyl (C=O) groups is 1. The van der Waals surface area contributed by atoms with Crippen LogP contribution < -0.4 is 5.32 Å². The largest absolute Gasteiger partial charge is 0.481 e. The third-order valence-corrected chi connectivity index (χ3v) is 7.06. The van der Waals surface area contributed by atoms with Gasteiger partial charge in [-0.2, -0.15) is 4.73 Å². The van der Waals surface area contributed by atoms with Gasteiger partial charge in [-0.3, -0.25) is 14.8 Å². The van der Waals surface area contributed by atoms with Crippen molar-refractivity contribution in [2.75, 3.05) is 11.1 Å². The summed E-state index contributed by atoms with van der Waals surface area (Å²) < 4.78 is 1.20. The van der Waals surface area contributed by atoms with E-state index in [2.05, 4.69) is 27.4 Å². The molecule has 160 valence electrons. The van der Waals surface area contributed by atoms with Gasteiger partial charge in [0.15, 0.2) is 0 Å². The molecule has 2 aliphatic rings. The van der Waals surface area contributed by atoms with Gasteiger partial charge >= 0.3 is 5.97 Å². The molecular weight excluding hydrogens is 412 g/mol. The predicted molar refractivity (Wildman–Crippen MR) is 123 cm³/mol. The van der Waals surface area contributed by atoms with Crippen molar-refractivity contribution in [1.82, 2.24) is 9.71 Å². The summed E-state index contributed by atoms with van der Waals surface area (Å²) in [6, 6.07) is 10.1. The molecule has 1 saturated carbocycles. The molecule has 0 spiro atoms. The van der Waals surface area contributed by atoms with Crippen LogP contribution >= 0.6 is 11.8 Å². The smallest absolute Gasteiger partial charge is 0.305 e. The lowest BCUT2D eigenvalue weighted by Crippen LogP contribution is -2.15. The van der Waals surface area contributed by atoms with E-state index >= 15 is 0 Å². The number of fused-ring (bicyclic) bond motifs is 1. The Hall–Kier alpha value is -3.00. The van der Waals surface area contributed by atoms with E-state index in [0.29, 0.717) is 22.5 Å². The van der Waals surface area contributed by atoms with Crippen LogP contribution in [0.2, 0.25) is 0 Å². The summed E-state index contributed by atoms with van der Waals surface area (Å²) in [4.78, 5) is 19.8. The number of aliphatic imine (C=N–C) groups is 1. The molecule has 1 aliphatic carbocycles. The van der Waals surface area contributed by atoms with Crippen LogP contribution in [0.4, 0.5) is 5.69 Å². The van der Waals surface area contributed by atoms with E-state index in [1.165, 1.54) is 29.3 Å². The summed E-state index contributed by atoms with van der Waals surface area (Å²) in [5.41, 5.74) is 4.26. The monoisotopic (exact) mass is 436 g/mol. The standard InChI is InChI=1S/C23H24N4O3S/c28-21(29)11-18-13-31-23(26-18)20-10-16-8-15(14-4-3-7-24-12-14)9-19(22(16)27(20)30)25-17-5-1-2-6-17/h3-4,7-10,12,17-18,25,30H,1-2,5-6,11,13H2,(H,28,29)/t18-/m1/s1. The minimum atomic E-state index is -0.857. The lowest BCUT2D eigenvalue weighted by molar-refractivity contribution is -0.137. The van der Waals surface area contributed by atoms with Gasteiger partial charge in [0.1, 0.15) is 16.3 Å². The van der Waals surface area contributed by atoms with E-state index in [0.717, 1.165) is 40.6 Å². The summed E-state index contributed by atoms with van der Waals surface area (Å²) >= 11 is 1.49. The van der Waals surface area contributed by atoms with E-state index in [4.69, 9.17) is 5.11 Å². The number of thioether (sulfide) groups is 1. The molecule has 0 unspecified atom stereocenters. The molecule has 1 aliphatic heterocycles. The van der Waals surface area contributed by atoms with Crippen molar-refractivity contribution in [3.63, 3.8) is 0 Å². The zero-order valence-corrected chi connectivity index (χ0v) is 17.8. The highest BCUT2D eigenvalue weighted by Gasteiger charge is 2.26. The van der Waals surface area contributed by atoms with Gasteiger partial charge in [-0.25, -0.2) is 0 Å². The van der Waals surface area contributed by atoms with Crippen LogP contribution in [0.15, 0.2) is 47.7 Å². The average Bonchev–Trinajstić information content (AvgIpc) is 3.49. The van der Waals surface area contributed by atoms with Gasteiger partial charge in [0, 0.05) is 35.1 Å². The Bertz CT molecular complexity index is 1150. The third-order valence-electron chi connectivity index (χ3n) is 5.92. The molecule has 2 aromatic heterocycles. The number of benzene rings is 1. The molecule has 5 rings (SSSR count). The lowest BCUT2D eigenvalue weighted by atomic mass is 10.0. The molecule has 31 heavy (non-hydrogen) atoms. The maximum Gasteiger partial charge on any atom is 0.305 e. The van der Waals surface area contributed by atoms with E-state index in [1.807, 2.05) is 24.4 Å². The van der Waals surface area contributed by atoms with Gasteiger partial charge in [-0.05, 0) is 42.7 Å². The summed E-state index contributed by atoms with van der Waals surface area (Å²) in [5, 5.41) is 25.4. The second kappa shape index (κ2) is 8.26. The predicted octanol–water partition coefficient (Wildman–Crippen LogP) is 4.63. The van der Waals surface area contributed by atoms with Gasteiger partial charge in [-0.15, -0.1) is 11.8 Å². The van der Waals surface area contributed by atoms with E-state index < -0.39 is 5.97 Å². The van der Waals surface area contributed by atoms with Crippen LogP contribution in [0.1, 0.15) is 37.8 Å². The second-order valence-electron chi connectivity index (χ2n) is 8.17. The zero-order chi connectivity index (χ0) is 21.4. The lowest BCUT2D eigenvalue weighted by Gasteiger charge is -2.17. The van der Waals surface area contributed by atoms with Gasteiger partial charge in [0.2, 0.25) is 0 Å². The molecule has 1 atom stereocenters. The summed E-state index contributed by atoms with van der Waals surface area (Å²) in [5.74, 6) is -0.249. The Morgan fingerprint density at radius 2 is 2.06 bits per heavy atom. The van der Waals surface area contributed by atoms with Gasteiger partial charge in [-0.1, -0.05) is 18.9 Å². The normalized spacial score (nSPS) is 19.1. The average molecular weight is 437 g/mol. The number of rotatable bonds is 6. The molecule has 3 N–H and O–H groups in total. The van der Waals surface area contributed by atoms with Crippen molar-refractivity contribution in [1.29, 1.82) is 0 Å². The fourth-order valence-corrected chi connectivity index (χ4v) is 5.51. The van der Waals surface area contributed by atoms with Crippen LogP contribution in [0.25, 0.3) is 22.0 Å². The van der Waals surface area contributed by atoms with Crippen LogP contribution in [0.5, 0.6) is 0 Å². The highest BCUT2D eigenvalue weighted by atomic mass is 32.2. The minimum Gasteiger partial charge on any atom is -0.481 e. The number of pyridine rings is 1. The number of hydrogen-bond acceptors (Lipinski definition) is 6. The van der Waals surface area contributed by atoms with Crippen molar-refractivity contribution in [2.45, 2.75) is 44.2 Å². The molecule has 7 nitrogen and oxygen atoms in total. The molecule has 0 radical (unpaired) electrons. The highest BCUT2D eigenvalue weighted by molar-refractivity contribution is 8.14. The first-order chi connectivity index (χ1) is 15.1. The van der Waals surface area contributed by atoms with Gasteiger partial charge < -0.3 is 15.6 Å². The Balaban J connectivity index is 1.60. The van der Waals surface area contributed by atoms with Crippen molar-refractivity contribution in [3.05, 3.63) is 48.4 Å². The number of carboxylic acids is 1. The van der Waals surface area contributed by atoms with Crippen LogP contribution in [0.3, 0.4) is 0 Å². The molecule has 0 saturated heterocycles. The van der Waals surface area contributed by atoms with Crippen molar-refractivity contribution in [2.24, 2.45) is 4.99 Å². The first-order valence-electron chi connectivity index (χ1n) is 10.6. The topological polar surface area (TPSA) is 99.7 Å². The Labute approximate surface area is 184 Å². The molecule has 1 fully saturated rings. The van der Waals surface area contributed by atoms with Gasteiger partial charge in [0.25, 0.3) is 0 Å². The number of nitrogens with zero attached hydrogens (tertiary/aromatic N) is 3. The quantitative estimate of drug-likeness (QED) is 0.487. The summed E-state index contributed by atoms with van der Waals surface area (Å²) in [6.07, 6.45) is 8.27. The highest BCUT2D eigenvalue weighted by Crippen LogP contribution is 2.36. The SMILES string of the molecule is O=C(O)C[C@@H]1CSC(c2cc3cc(-c4cccnc4)cc(NC4CCCC4)c3n2O)=N1. The first kappa shape index (κ1) is 19.9. The Morgan fingerprint density at radius 1 is 1.23 bits per heavy atom. The maximum absolute atomic E-state index is 11.1. The molecular formula is C23H24N4O3S. The number of aliphatic carboxylic acids is 1. The van der Waals surface area contributed by atoms with E-state index in [9.17, 15) is 10.0 Å². The minimum absolute atomic E-state index is 0.00178. The zero-order valence-electron chi connectivity index (χ0n) is 17.0. The van der Waals surface area contributed by atoms with Crippen molar-refractivity contribution >= 4 is 39.4 Å². The number of carboxylic acid groups (broad SMARTS) is 1. The van der Waals surface area contributed by atoms with Crippen LogP contribution in [-0.4, -0.2) is 48.9 Å². The number of nitrogens with one attached hydrogen (secondary N) is 1. The number of hydrogen-bond donors (Lipinski definition) is 3. The Kier molecular flexibility index (Phi) is 5.31. The fourth-order valence-electron chi connectivity index (χ4n) is 4.45. The molecule has 0 amide bonds. The summed E-state index contributed by atoms with van der Waals surface area (Å²) in [6.45, 7) is 0. The maximum atomic E-state index is 11.1. The van der Waals surface area contributed by atoms with Crippen molar-refractivity contribution in [3.8, 4) is 11.1 Å². The third kappa shape index (κ3) is 3.99. The fraction of sp³-hybridized carbons (Fsp3) is 0.348. The number of aromatic nitrogens is 2. The van der Waals surface area contributed by atoms with Gasteiger partial charge in [0.05, 0.1) is 18.2 Å². The number of anilines is 1. The second-order valence-corrected chi connectivity index (χ2v) is 9.18. The van der Waals surface area contributed by atoms with E-state index in [-0.39, 0.29) is 12.5 Å². The first-order valence-corrected chi connectivity index (χ1v) is 11.6. The molecule has 3 heterocycles. The van der Waals surface area contributed by atoms with Crippen LogP contribution in [-0.2, 0) is 4.79 Å².